The van der Waals surface area contributed by atoms with E-state index in [0.29, 0.717) is 6.04 Å². The Morgan fingerprint density at radius 2 is 2.55 bits per heavy atom. The lowest BCUT2D eigenvalue weighted by molar-refractivity contribution is 0.553. The van der Waals surface area contributed by atoms with Crippen LogP contribution in [-0.4, -0.2) is 27.8 Å². The van der Waals surface area contributed by atoms with Crippen LogP contribution in [0.25, 0.3) is 0 Å². The molecule has 0 saturated carbocycles. The fraction of sp³-hybridized carbons (Fsp3) is 0.714. The highest BCUT2D eigenvalue weighted by molar-refractivity contribution is 4.84. The summed E-state index contributed by atoms with van der Waals surface area (Å²) in [4.78, 5) is 4.03. The van der Waals surface area contributed by atoms with Crippen molar-refractivity contribution in [2.45, 2.75) is 26.3 Å². The maximum atomic E-state index is 4.03. The first-order chi connectivity index (χ1) is 5.33. The standard InChI is InChI=1S/C7H14N4/c1-3-8-6(2)4-7-9-5-10-11-7/h5-6,8H,3-4H2,1-2H3,(H,9,10,11). The van der Waals surface area contributed by atoms with Crippen LogP contribution in [0.5, 0.6) is 0 Å². The molecule has 0 bridgehead atoms. The molecule has 1 aromatic rings. The van der Waals surface area contributed by atoms with Gasteiger partial charge in [-0.05, 0) is 13.5 Å². The molecule has 1 rings (SSSR count). The second-order valence-electron chi connectivity index (χ2n) is 2.60. The van der Waals surface area contributed by atoms with Gasteiger partial charge in [0.2, 0.25) is 0 Å². The van der Waals surface area contributed by atoms with Crippen LogP contribution in [0.2, 0.25) is 0 Å². The van der Waals surface area contributed by atoms with E-state index in [1.165, 1.54) is 6.33 Å². The molecule has 2 N–H and O–H groups in total. The summed E-state index contributed by atoms with van der Waals surface area (Å²) in [6.45, 7) is 5.22. The summed E-state index contributed by atoms with van der Waals surface area (Å²) in [6.07, 6.45) is 2.45. The molecule has 0 aromatic carbocycles. The molecule has 0 fully saturated rings. The molecular formula is C7H14N4. The topological polar surface area (TPSA) is 53.6 Å². The number of aromatic amines is 1. The van der Waals surface area contributed by atoms with Gasteiger partial charge in [-0.2, -0.15) is 5.10 Å². The van der Waals surface area contributed by atoms with E-state index in [2.05, 4.69) is 34.3 Å². The number of H-pyrrole nitrogens is 1. The van der Waals surface area contributed by atoms with Crippen LogP contribution in [0, 0.1) is 0 Å². The number of likely N-dealkylation sites (N-methyl/N-ethyl adjacent to an activating group) is 1. The molecule has 0 saturated heterocycles. The van der Waals surface area contributed by atoms with E-state index in [1.54, 1.807) is 0 Å². The third kappa shape index (κ3) is 2.67. The van der Waals surface area contributed by atoms with Gasteiger partial charge in [0.15, 0.2) is 0 Å². The Kier molecular flexibility index (Phi) is 3.04. The Morgan fingerprint density at radius 3 is 3.09 bits per heavy atom. The fourth-order valence-corrected chi connectivity index (χ4v) is 1.04. The first-order valence-electron chi connectivity index (χ1n) is 3.90. The molecule has 1 unspecified atom stereocenters. The smallest absolute Gasteiger partial charge is 0.137 e. The zero-order chi connectivity index (χ0) is 8.10. The fourth-order valence-electron chi connectivity index (χ4n) is 1.04. The number of nitrogens with one attached hydrogen (secondary N) is 2. The van der Waals surface area contributed by atoms with Gasteiger partial charge in [0.1, 0.15) is 12.2 Å². The van der Waals surface area contributed by atoms with E-state index in [0.717, 1.165) is 18.8 Å². The van der Waals surface area contributed by atoms with E-state index in [1.807, 2.05) is 0 Å². The molecule has 1 heterocycles. The maximum Gasteiger partial charge on any atom is 0.137 e. The molecule has 0 spiro atoms. The predicted octanol–water partition coefficient (Wildman–Crippen LogP) is 0.345. The van der Waals surface area contributed by atoms with E-state index in [4.69, 9.17) is 0 Å². The van der Waals surface area contributed by atoms with Crippen LogP contribution < -0.4 is 5.32 Å². The van der Waals surface area contributed by atoms with Gasteiger partial charge in [-0.1, -0.05) is 6.92 Å². The molecule has 0 aliphatic heterocycles. The molecular weight excluding hydrogens is 140 g/mol. The van der Waals surface area contributed by atoms with Crippen LogP contribution in [0.3, 0.4) is 0 Å². The van der Waals surface area contributed by atoms with Crippen molar-refractivity contribution in [1.29, 1.82) is 0 Å². The number of nitrogens with zero attached hydrogens (tertiary/aromatic N) is 2. The Labute approximate surface area is 66.4 Å². The second kappa shape index (κ2) is 4.08. The third-order valence-electron chi connectivity index (χ3n) is 1.52. The van der Waals surface area contributed by atoms with E-state index < -0.39 is 0 Å². The number of aromatic nitrogens is 3. The number of hydrogen-bond acceptors (Lipinski definition) is 3. The quantitative estimate of drug-likeness (QED) is 0.657. The summed E-state index contributed by atoms with van der Waals surface area (Å²) < 4.78 is 0. The summed E-state index contributed by atoms with van der Waals surface area (Å²) in [7, 11) is 0. The van der Waals surface area contributed by atoms with Gasteiger partial charge in [0.05, 0.1) is 0 Å². The van der Waals surface area contributed by atoms with Crippen molar-refractivity contribution in [3.05, 3.63) is 12.2 Å². The van der Waals surface area contributed by atoms with Crippen molar-refractivity contribution < 1.29 is 0 Å². The Morgan fingerprint density at radius 1 is 1.73 bits per heavy atom. The summed E-state index contributed by atoms with van der Waals surface area (Å²) in [5.41, 5.74) is 0. The SMILES string of the molecule is CCNC(C)Cc1ncn[nH]1. The van der Waals surface area contributed by atoms with Crippen molar-refractivity contribution in [3.63, 3.8) is 0 Å². The molecule has 0 amide bonds. The molecule has 1 atom stereocenters. The third-order valence-corrected chi connectivity index (χ3v) is 1.52. The van der Waals surface area contributed by atoms with Gasteiger partial charge in [-0.3, -0.25) is 5.10 Å². The first-order valence-corrected chi connectivity index (χ1v) is 3.90. The van der Waals surface area contributed by atoms with Gasteiger partial charge >= 0.3 is 0 Å². The highest BCUT2D eigenvalue weighted by Crippen LogP contribution is 1.92. The van der Waals surface area contributed by atoms with Gasteiger partial charge in [-0.25, -0.2) is 4.98 Å². The summed E-state index contributed by atoms with van der Waals surface area (Å²) in [5, 5.41) is 9.89. The summed E-state index contributed by atoms with van der Waals surface area (Å²) in [6, 6.07) is 0.466. The van der Waals surface area contributed by atoms with Crippen molar-refractivity contribution >= 4 is 0 Å². The van der Waals surface area contributed by atoms with Crippen LogP contribution in [-0.2, 0) is 6.42 Å². The lowest BCUT2D eigenvalue weighted by Gasteiger charge is -2.08. The van der Waals surface area contributed by atoms with E-state index in [9.17, 15) is 0 Å². The molecule has 0 aliphatic carbocycles. The highest BCUT2D eigenvalue weighted by atomic mass is 15.2. The van der Waals surface area contributed by atoms with E-state index in [-0.39, 0.29) is 0 Å². The molecule has 4 heteroatoms. The van der Waals surface area contributed by atoms with Gasteiger partial charge in [0, 0.05) is 12.5 Å². The zero-order valence-corrected chi connectivity index (χ0v) is 6.96. The lowest BCUT2D eigenvalue weighted by Crippen LogP contribution is -2.27. The van der Waals surface area contributed by atoms with Crippen LogP contribution in [0.4, 0.5) is 0 Å². The van der Waals surface area contributed by atoms with Crippen LogP contribution >= 0.6 is 0 Å². The summed E-state index contributed by atoms with van der Waals surface area (Å²) >= 11 is 0. The minimum absolute atomic E-state index is 0.466. The first kappa shape index (κ1) is 8.20. The van der Waals surface area contributed by atoms with Crippen LogP contribution in [0.15, 0.2) is 6.33 Å². The van der Waals surface area contributed by atoms with E-state index >= 15 is 0 Å². The van der Waals surface area contributed by atoms with Gasteiger partial charge in [0.25, 0.3) is 0 Å². The molecule has 1 aromatic heterocycles. The molecule has 4 nitrogen and oxygen atoms in total. The molecule has 11 heavy (non-hydrogen) atoms. The average molecular weight is 154 g/mol. The average Bonchev–Trinajstić information content (AvgIpc) is 2.40. The lowest BCUT2D eigenvalue weighted by atomic mass is 10.2. The van der Waals surface area contributed by atoms with Crippen molar-refractivity contribution in [2.75, 3.05) is 6.54 Å². The highest BCUT2D eigenvalue weighted by Gasteiger charge is 2.02. The Bertz CT molecular complexity index is 182. The zero-order valence-electron chi connectivity index (χ0n) is 6.96. The van der Waals surface area contributed by atoms with Crippen molar-refractivity contribution in [3.8, 4) is 0 Å². The monoisotopic (exact) mass is 154 g/mol. The maximum absolute atomic E-state index is 4.03. The minimum atomic E-state index is 0.466. The second-order valence-corrected chi connectivity index (χ2v) is 2.60. The normalized spacial score (nSPS) is 13.3. The van der Waals surface area contributed by atoms with Gasteiger partial charge in [-0.15, -0.1) is 0 Å². The number of rotatable bonds is 4. The predicted molar refractivity (Wildman–Crippen MR) is 43.2 cm³/mol. The number of hydrogen-bond donors (Lipinski definition) is 2. The Hall–Kier alpha value is -0.900. The largest absolute Gasteiger partial charge is 0.314 e. The molecule has 62 valence electrons. The van der Waals surface area contributed by atoms with Crippen molar-refractivity contribution in [1.82, 2.24) is 20.5 Å². The summed E-state index contributed by atoms with van der Waals surface area (Å²) in [5.74, 6) is 0.943. The molecule has 0 radical (unpaired) electrons. The Balaban J connectivity index is 2.31. The minimum Gasteiger partial charge on any atom is -0.314 e. The molecule has 0 aliphatic rings. The van der Waals surface area contributed by atoms with Crippen molar-refractivity contribution in [2.24, 2.45) is 0 Å². The van der Waals surface area contributed by atoms with Gasteiger partial charge < -0.3 is 5.32 Å². The van der Waals surface area contributed by atoms with Crippen LogP contribution in [0.1, 0.15) is 19.7 Å².